The summed E-state index contributed by atoms with van der Waals surface area (Å²) in [6.45, 7) is 0. The second kappa shape index (κ2) is 4.55. The first-order valence-corrected chi connectivity index (χ1v) is 5.60. The average molecular weight is 252 g/mol. The largest absolute Gasteiger partial charge is 0.502 e. The number of phenols is 1. The first kappa shape index (κ1) is 11.6. The molecule has 1 aromatic carbocycles. The lowest BCUT2D eigenvalue weighted by atomic mass is 10.2. The highest BCUT2D eigenvalue weighted by Gasteiger charge is 2.15. The van der Waals surface area contributed by atoms with E-state index in [9.17, 15) is 14.3 Å². The van der Waals surface area contributed by atoms with Gasteiger partial charge in [-0.2, -0.15) is 0 Å². The van der Waals surface area contributed by atoms with Gasteiger partial charge in [-0.25, -0.2) is 4.39 Å². The Hall–Kier alpha value is -1.88. The number of fused-ring (bicyclic) bond motifs is 1. The molecule has 1 heterocycles. The number of hydrogen-bond donors (Lipinski definition) is 1. The minimum absolute atomic E-state index is 0.0998. The van der Waals surface area contributed by atoms with Crippen molar-refractivity contribution in [2.45, 2.75) is 0 Å². The highest BCUT2D eigenvalue weighted by molar-refractivity contribution is 7.19. The molecule has 0 unspecified atom stereocenters. The Bertz CT molecular complexity index is 601. The van der Waals surface area contributed by atoms with Gasteiger partial charge >= 0.3 is 0 Å². The van der Waals surface area contributed by atoms with Crippen LogP contribution in [0.5, 0.6) is 11.5 Å². The van der Waals surface area contributed by atoms with Gasteiger partial charge in [0.25, 0.3) is 0 Å². The van der Waals surface area contributed by atoms with Gasteiger partial charge < -0.3 is 9.84 Å². The predicted molar refractivity (Wildman–Crippen MR) is 65.1 cm³/mol. The lowest BCUT2D eigenvalue weighted by Gasteiger charge is -2.04. The molecule has 0 spiro atoms. The van der Waals surface area contributed by atoms with E-state index in [-0.39, 0.29) is 5.75 Å². The summed E-state index contributed by atoms with van der Waals surface area (Å²) in [5, 5.41) is 9.83. The summed E-state index contributed by atoms with van der Waals surface area (Å²) in [5.74, 6) is -1.10. The summed E-state index contributed by atoms with van der Waals surface area (Å²) in [7, 11) is 1.36. The molecule has 0 atom stereocenters. The number of aldehydes is 1. The maximum absolute atomic E-state index is 13.8. The molecule has 0 aliphatic heterocycles. The molecule has 88 valence electrons. The van der Waals surface area contributed by atoms with Crippen molar-refractivity contribution in [1.82, 2.24) is 0 Å². The monoisotopic (exact) mass is 252 g/mol. The molecular formula is C12H9FO3S. The number of halogens is 1. The van der Waals surface area contributed by atoms with Crippen LogP contribution >= 0.6 is 11.3 Å². The van der Waals surface area contributed by atoms with Crippen molar-refractivity contribution in [3.05, 3.63) is 28.9 Å². The van der Waals surface area contributed by atoms with Crippen LogP contribution in [-0.4, -0.2) is 18.5 Å². The van der Waals surface area contributed by atoms with E-state index >= 15 is 0 Å². The van der Waals surface area contributed by atoms with E-state index < -0.39 is 11.6 Å². The van der Waals surface area contributed by atoms with E-state index in [1.165, 1.54) is 24.5 Å². The van der Waals surface area contributed by atoms with Crippen molar-refractivity contribution < 1.29 is 19.0 Å². The Balaban J connectivity index is 2.64. The van der Waals surface area contributed by atoms with Gasteiger partial charge in [-0.3, -0.25) is 4.79 Å². The lowest BCUT2D eigenvalue weighted by Crippen LogP contribution is -1.86. The zero-order valence-corrected chi connectivity index (χ0v) is 9.75. The quantitative estimate of drug-likeness (QED) is 0.674. The van der Waals surface area contributed by atoms with Gasteiger partial charge in [0.15, 0.2) is 17.3 Å². The maximum atomic E-state index is 13.8. The molecule has 0 saturated heterocycles. The highest BCUT2D eigenvalue weighted by atomic mass is 32.1. The van der Waals surface area contributed by atoms with Crippen LogP contribution in [0.25, 0.3) is 16.2 Å². The highest BCUT2D eigenvalue weighted by Crippen LogP contribution is 2.39. The Morgan fingerprint density at radius 1 is 1.47 bits per heavy atom. The van der Waals surface area contributed by atoms with Gasteiger partial charge in [0.2, 0.25) is 0 Å². The Kier molecular flexibility index (Phi) is 3.10. The van der Waals surface area contributed by atoms with Crippen molar-refractivity contribution in [3.8, 4) is 11.5 Å². The first-order valence-electron chi connectivity index (χ1n) is 4.78. The number of benzene rings is 1. The number of aromatic hydroxyl groups is 1. The van der Waals surface area contributed by atoms with Crippen molar-refractivity contribution in [2.75, 3.05) is 7.11 Å². The number of carbonyl (C=O) groups excluding carboxylic acids is 1. The van der Waals surface area contributed by atoms with Gasteiger partial charge in [-0.1, -0.05) is 0 Å². The SMILES string of the molecule is COc1cc2sc(C=CC=O)cc2c(F)c1O. The minimum atomic E-state index is -0.707. The first-order chi connectivity index (χ1) is 8.17. The Labute approximate surface area is 101 Å². The fourth-order valence-corrected chi connectivity index (χ4v) is 2.50. The molecule has 0 aliphatic carbocycles. The third-order valence-electron chi connectivity index (χ3n) is 2.28. The zero-order chi connectivity index (χ0) is 12.4. The lowest BCUT2D eigenvalue weighted by molar-refractivity contribution is -0.104. The van der Waals surface area contributed by atoms with Crippen LogP contribution in [0.2, 0.25) is 0 Å². The number of carbonyl (C=O) groups is 1. The van der Waals surface area contributed by atoms with Crippen LogP contribution in [0.4, 0.5) is 4.39 Å². The molecule has 1 aromatic heterocycles. The van der Waals surface area contributed by atoms with Crippen molar-refractivity contribution >= 4 is 33.8 Å². The molecule has 2 rings (SSSR count). The molecule has 3 nitrogen and oxygen atoms in total. The predicted octanol–water partition coefficient (Wildman–Crippen LogP) is 2.97. The van der Waals surface area contributed by atoms with Gasteiger partial charge in [0.05, 0.1) is 7.11 Å². The van der Waals surface area contributed by atoms with Crippen molar-refractivity contribution in [1.29, 1.82) is 0 Å². The average Bonchev–Trinajstić information content (AvgIpc) is 2.74. The summed E-state index contributed by atoms with van der Waals surface area (Å²) in [6, 6.07) is 3.14. The standard InChI is InChI=1S/C12H9FO3S/c1-16-9-6-10-8(11(13)12(9)15)5-7(17-10)3-2-4-14/h2-6,15H,1H3. The van der Waals surface area contributed by atoms with Gasteiger partial charge in [-0.15, -0.1) is 11.3 Å². The minimum Gasteiger partial charge on any atom is -0.502 e. The molecule has 0 bridgehead atoms. The number of thiophene rings is 1. The molecule has 0 fully saturated rings. The number of rotatable bonds is 3. The van der Waals surface area contributed by atoms with E-state index in [4.69, 9.17) is 4.74 Å². The molecule has 1 N–H and O–H groups in total. The van der Waals surface area contributed by atoms with E-state index in [1.54, 1.807) is 18.2 Å². The summed E-state index contributed by atoms with van der Waals surface area (Å²) >= 11 is 1.31. The smallest absolute Gasteiger partial charge is 0.195 e. The second-order valence-electron chi connectivity index (χ2n) is 3.30. The van der Waals surface area contributed by atoms with Crippen LogP contribution in [0.1, 0.15) is 4.88 Å². The molecule has 0 saturated carbocycles. The van der Waals surface area contributed by atoms with Crippen LogP contribution in [-0.2, 0) is 4.79 Å². The number of hydrogen-bond acceptors (Lipinski definition) is 4. The molecule has 0 amide bonds. The van der Waals surface area contributed by atoms with E-state index in [0.717, 1.165) is 4.88 Å². The summed E-state index contributed by atoms with van der Waals surface area (Å²) in [6.07, 6.45) is 3.57. The maximum Gasteiger partial charge on any atom is 0.195 e. The van der Waals surface area contributed by atoms with Crippen LogP contribution < -0.4 is 4.74 Å². The third-order valence-corrected chi connectivity index (χ3v) is 3.33. The van der Waals surface area contributed by atoms with E-state index in [0.29, 0.717) is 16.4 Å². The van der Waals surface area contributed by atoms with Crippen molar-refractivity contribution in [3.63, 3.8) is 0 Å². The number of methoxy groups -OCH3 is 1. The van der Waals surface area contributed by atoms with Gasteiger partial charge in [-0.05, 0) is 18.2 Å². The fourth-order valence-electron chi connectivity index (χ4n) is 1.50. The fraction of sp³-hybridized carbons (Fsp3) is 0.0833. The molecular weight excluding hydrogens is 243 g/mol. The molecule has 0 radical (unpaired) electrons. The summed E-state index contributed by atoms with van der Waals surface area (Å²) < 4.78 is 19.3. The Morgan fingerprint density at radius 2 is 2.24 bits per heavy atom. The molecule has 5 heteroatoms. The topological polar surface area (TPSA) is 46.5 Å². The molecule has 17 heavy (non-hydrogen) atoms. The van der Waals surface area contributed by atoms with Crippen LogP contribution in [0.3, 0.4) is 0 Å². The van der Waals surface area contributed by atoms with Gasteiger partial charge in [0, 0.05) is 21.0 Å². The number of phenolic OH excluding ortho intramolecular Hbond substituents is 1. The summed E-state index contributed by atoms with van der Waals surface area (Å²) in [5.41, 5.74) is 0. The van der Waals surface area contributed by atoms with Crippen molar-refractivity contribution in [2.24, 2.45) is 0 Å². The zero-order valence-electron chi connectivity index (χ0n) is 8.94. The number of ether oxygens (including phenoxy) is 1. The van der Waals surface area contributed by atoms with Crippen LogP contribution in [0.15, 0.2) is 18.2 Å². The Morgan fingerprint density at radius 3 is 2.88 bits per heavy atom. The third kappa shape index (κ3) is 2.01. The van der Waals surface area contributed by atoms with Gasteiger partial charge in [0.1, 0.15) is 6.29 Å². The molecule has 2 aromatic rings. The summed E-state index contributed by atoms with van der Waals surface area (Å²) in [4.78, 5) is 10.9. The molecule has 0 aliphatic rings. The number of allylic oxidation sites excluding steroid dienone is 1. The van der Waals surface area contributed by atoms with Crippen LogP contribution in [0, 0.1) is 5.82 Å². The normalized spacial score (nSPS) is 11.2. The second-order valence-corrected chi connectivity index (χ2v) is 4.41. The van der Waals surface area contributed by atoms with E-state index in [1.807, 2.05) is 0 Å². The van der Waals surface area contributed by atoms with E-state index in [2.05, 4.69) is 0 Å².